The first-order chi connectivity index (χ1) is 8.44. The summed E-state index contributed by atoms with van der Waals surface area (Å²) in [6, 6.07) is 1.40. The molecule has 0 bridgehead atoms. The average molecular weight is 276 g/mol. The highest BCUT2D eigenvalue weighted by molar-refractivity contribution is 7.89. The van der Waals surface area contributed by atoms with Crippen molar-refractivity contribution in [2.24, 2.45) is 0 Å². The lowest BCUT2D eigenvalue weighted by Gasteiger charge is -2.04. The first kappa shape index (κ1) is 14.7. The molecule has 0 fully saturated rings. The first-order valence-electron chi connectivity index (χ1n) is 5.43. The van der Waals surface area contributed by atoms with Crippen LogP contribution in [-0.2, 0) is 16.6 Å². The van der Waals surface area contributed by atoms with Crippen LogP contribution in [0, 0.1) is 0 Å². The highest BCUT2D eigenvalue weighted by Gasteiger charge is 2.09. The summed E-state index contributed by atoms with van der Waals surface area (Å²) >= 11 is 0. The van der Waals surface area contributed by atoms with Crippen LogP contribution >= 0.6 is 0 Å². The van der Waals surface area contributed by atoms with Crippen molar-refractivity contribution in [2.45, 2.75) is 13.5 Å². The molecule has 1 aromatic heterocycles. The topological polar surface area (TPSA) is 109 Å². The number of hydrogen-bond acceptors (Lipinski definition) is 5. The Kier molecular flexibility index (Phi) is 5.32. The summed E-state index contributed by atoms with van der Waals surface area (Å²) in [5.41, 5.74) is 0.0760. The molecule has 0 spiro atoms. The molecule has 1 rings (SSSR count). The molecular formula is C10H16N2O5S. The zero-order valence-corrected chi connectivity index (χ0v) is 10.8. The number of furan rings is 1. The zero-order chi connectivity index (χ0) is 13.6. The predicted molar refractivity (Wildman–Crippen MR) is 64.8 cm³/mol. The number of carboxylic acids is 1. The van der Waals surface area contributed by atoms with Gasteiger partial charge in [-0.05, 0) is 6.07 Å². The molecule has 8 heteroatoms. The third-order valence-corrected chi connectivity index (χ3v) is 3.58. The van der Waals surface area contributed by atoms with Gasteiger partial charge in [-0.1, -0.05) is 6.92 Å². The second-order valence-corrected chi connectivity index (χ2v) is 5.53. The van der Waals surface area contributed by atoms with E-state index in [1.54, 1.807) is 6.92 Å². The second kappa shape index (κ2) is 6.53. The molecule has 0 aromatic carbocycles. The van der Waals surface area contributed by atoms with Crippen LogP contribution in [0.3, 0.4) is 0 Å². The lowest BCUT2D eigenvalue weighted by Crippen LogP contribution is -2.31. The van der Waals surface area contributed by atoms with Gasteiger partial charge in [-0.2, -0.15) is 0 Å². The summed E-state index contributed by atoms with van der Waals surface area (Å²) in [6.07, 6.45) is 1.15. The number of carboxylic acid groups (broad SMARTS) is 1. The molecule has 1 heterocycles. The van der Waals surface area contributed by atoms with Gasteiger partial charge >= 0.3 is 5.97 Å². The van der Waals surface area contributed by atoms with Gasteiger partial charge in [0.05, 0.1) is 17.9 Å². The Labute approximate surface area is 105 Å². The Morgan fingerprint density at radius 1 is 1.50 bits per heavy atom. The van der Waals surface area contributed by atoms with Crippen LogP contribution in [0.4, 0.5) is 0 Å². The number of sulfonamides is 1. The standard InChI is InChI=1S/C10H16N2O5S/c1-2-12-18(15,16)4-3-11-6-9-5-8(7-17-9)10(13)14/h5,7,11-12H,2-4,6H2,1H3,(H,13,14). The smallest absolute Gasteiger partial charge is 0.338 e. The Bertz CT molecular complexity index is 494. The van der Waals surface area contributed by atoms with Crippen molar-refractivity contribution in [2.75, 3.05) is 18.8 Å². The van der Waals surface area contributed by atoms with E-state index in [0.29, 0.717) is 12.3 Å². The van der Waals surface area contributed by atoms with Crippen molar-refractivity contribution in [1.82, 2.24) is 10.0 Å². The van der Waals surface area contributed by atoms with E-state index < -0.39 is 16.0 Å². The van der Waals surface area contributed by atoms with Gasteiger partial charge < -0.3 is 14.8 Å². The molecule has 0 saturated heterocycles. The van der Waals surface area contributed by atoms with Gasteiger partial charge in [0.1, 0.15) is 12.0 Å². The van der Waals surface area contributed by atoms with Crippen molar-refractivity contribution in [3.05, 3.63) is 23.7 Å². The summed E-state index contributed by atoms with van der Waals surface area (Å²) in [5, 5.41) is 11.5. The molecule has 0 aliphatic rings. The van der Waals surface area contributed by atoms with E-state index in [0.717, 1.165) is 6.26 Å². The lowest BCUT2D eigenvalue weighted by atomic mass is 10.3. The van der Waals surface area contributed by atoms with Crippen LogP contribution in [-0.4, -0.2) is 38.3 Å². The zero-order valence-electron chi connectivity index (χ0n) is 9.97. The van der Waals surface area contributed by atoms with Crippen LogP contribution in [0.5, 0.6) is 0 Å². The number of rotatable bonds is 8. The largest absolute Gasteiger partial charge is 0.478 e. The fourth-order valence-corrected chi connectivity index (χ4v) is 2.29. The molecular weight excluding hydrogens is 260 g/mol. The Morgan fingerprint density at radius 2 is 2.22 bits per heavy atom. The van der Waals surface area contributed by atoms with Crippen LogP contribution in [0.15, 0.2) is 16.7 Å². The van der Waals surface area contributed by atoms with Crippen LogP contribution in [0.2, 0.25) is 0 Å². The van der Waals surface area contributed by atoms with Gasteiger partial charge in [0.15, 0.2) is 0 Å². The number of nitrogens with one attached hydrogen (secondary N) is 2. The maximum atomic E-state index is 11.3. The third-order valence-electron chi connectivity index (χ3n) is 2.11. The van der Waals surface area contributed by atoms with Crippen molar-refractivity contribution >= 4 is 16.0 Å². The molecule has 0 radical (unpaired) electrons. The molecule has 18 heavy (non-hydrogen) atoms. The summed E-state index contributed by atoms with van der Waals surface area (Å²) < 4.78 is 29.9. The Hall–Kier alpha value is -1.38. The van der Waals surface area contributed by atoms with Gasteiger partial charge in [0.2, 0.25) is 10.0 Å². The highest BCUT2D eigenvalue weighted by Crippen LogP contribution is 2.07. The molecule has 0 aliphatic heterocycles. The number of hydrogen-bond donors (Lipinski definition) is 3. The maximum absolute atomic E-state index is 11.3. The molecule has 0 unspecified atom stereocenters. The van der Waals surface area contributed by atoms with Gasteiger partial charge in [-0.15, -0.1) is 0 Å². The average Bonchev–Trinajstić information content (AvgIpc) is 2.73. The summed E-state index contributed by atoms with van der Waals surface area (Å²) in [7, 11) is -3.23. The highest BCUT2D eigenvalue weighted by atomic mass is 32.2. The van der Waals surface area contributed by atoms with E-state index in [1.165, 1.54) is 6.07 Å². The van der Waals surface area contributed by atoms with Gasteiger partial charge in [0, 0.05) is 13.1 Å². The first-order valence-corrected chi connectivity index (χ1v) is 7.08. The molecule has 7 nitrogen and oxygen atoms in total. The fraction of sp³-hybridized carbons (Fsp3) is 0.500. The molecule has 102 valence electrons. The maximum Gasteiger partial charge on any atom is 0.338 e. The molecule has 0 atom stereocenters. The number of carbonyl (C=O) groups is 1. The minimum Gasteiger partial charge on any atom is -0.478 e. The third kappa shape index (κ3) is 4.86. The van der Waals surface area contributed by atoms with Crippen LogP contribution < -0.4 is 10.0 Å². The van der Waals surface area contributed by atoms with Crippen molar-refractivity contribution in [3.8, 4) is 0 Å². The number of aromatic carboxylic acids is 1. The second-order valence-electron chi connectivity index (χ2n) is 3.60. The van der Waals surface area contributed by atoms with Crippen LogP contribution in [0.1, 0.15) is 23.0 Å². The van der Waals surface area contributed by atoms with Crippen molar-refractivity contribution in [1.29, 1.82) is 0 Å². The summed E-state index contributed by atoms with van der Waals surface area (Å²) in [6.45, 7) is 2.62. The van der Waals surface area contributed by atoms with E-state index in [-0.39, 0.29) is 24.4 Å². The normalized spacial score (nSPS) is 11.6. The molecule has 1 aromatic rings. The van der Waals surface area contributed by atoms with Crippen molar-refractivity contribution < 1.29 is 22.7 Å². The minimum atomic E-state index is -3.23. The molecule has 0 aliphatic carbocycles. The van der Waals surface area contributed by atoms with E-state index in [1.807, 2.05) is 0 Å². The van der Waals surface area contributed by atoms with Crippen LogP contribution in [0.25, 0.3) is 0 Å². The van der Waals surface area contributed by atoms with E-state index in [2.05, 4.69) is 10.0 Å². The Morgan fingerprint density at radius 3 is 2.78 bits per heavy atom. The van der Waals surface area contributed by atoms with Gasteiger partial charge in [-0.25, -0.2) is 17.9 Å². The summed E-state index contributed by atoms with van der Waals surface area (Å²) in [5.74, 6) is -0.638. The fourth-order valence-electron chi connectivity index (χ4n) is 1.30. The van der Waals surface area contributed by atoms with Crippen molar-refractivity contribution in [3.63, 3.8) is 0 Å². The lowest BCUT2D eigenvalue weighted by molar-refractivity contribution is 0.0696. The minimum absolute atomic E-state index is 0.0344. The predicted octanol–water partition coefficient (Wildman–Crippen LogP) is 0.00670. The monoisotopic (exact) mass is 276 g/mol. The quantitative estimate of drug-likeness (QED) is 0.577. The molecule has 0 amide bonds. The van der Waals surface area contributed by atoms with Gasteiger partial charge in [0.25, 0.3) is 0 Å². The van der Waals surface area contributed by atoms with Gasteiger partial charge in [-0.3, -0.25) is 0 Å². The molecule has 0 saturated carbocycles. The van der Waals surface area contributed by atoms with E-state index >= 15 is 0 Å². The van der Waals surface area contributed by atoms with E-state index in [9.17, 15) is 13.2 Å². The summed E-state index contributed by atoms with van der Waals surface area (Å²) in [4.78, 5) is 10.6. The molecule has 3 N–H and O–H groups in total. The van der Waals surface area contributed by atoms with E-state index in [4.69, 9.17) is 9.52 Å². The Balaban J connectivity index is 2.31. The SMILES string of the molecule is CCNS(=O)(=O)CCNCc1cc(C(=O)O)co1.